The summed E-state index contributed by atoms with van der Waals surface area (Å²) in [7, 11) is 0. The Kier molecular flexibility index (Phi) is 2.11. The lowest BCUT2D eigenvalue weighted by atomic mass is 10.3. The van der Waals surface area contributed by atoms with E-state index in [-0.39, 0.29) is 0 Å². The lowest BCUT2D eigenvalue weighted by molar-refractivity contribution is 0.978. The fraction of sp³-hybridized carbons (Fsp3) is 0.300. The van der Waals surface area contributed by atoms with Crippen LogP contribution in [0.3, 0.4) is 0 Å². The van der Waals surface area contributed by atoms with Gasteiger partial charge in [-0.1, -0.05) is 18.5 Å². The van der Waals surface area contributed by atoms with E-state index < -0.39 is 0 Å². The predicted molar refractivity (Wildman–Crippen MR) is 58.7 cm³/mol. The van der Waals surface area contributed by atoms with Crippen LogP contribution >= 0.6 is 11.6 Å². The van der Waals surface area contributed by atoms with Gasteiger partial charge in [0, 0.05) is 11.9 Å². The van der Waals surface area contributed by atoms with Crippen LogP contribution < -0.4 is 5.73 Å². The van der Waals surface area contributed by atoms with Crippen LogP contribution in [-0.2, 0) is 6.42 Å². The molecule has 2 rings (SSSR count). The maximum absolute atomic E-state index is 5.91. The standard InChI is InChI=1S/C10H12ClN3/c1-3-8-6(2)13-10-9(12)7(11)4-5-14(8)10/h4-5H,3,12H2,1-2H3. The third-order valence-electron chi connectivity index (χ3n) is 2.41. The largest absolute Gasteiger partial charge is 0.394 e. The Labute approximate surface area is 87.5 Å². The molecule has 0 aliphatic rings. The van der Waals surface area contributed by atoms with Crippen molar-refractivity contribution in [2.45, 2.75) is 20.3 Å². The van der Waals surface area contributed by atoms with Gasteiger partial charge in [0.15, 0.2) is 5.65 Å². The number of fused-ring (bicyclic) bond motifs is 1. The molecule has 0 aromatic carbocycles. The molecule has 0 saturated carbocycles. The summed E-state index contributed by atoms with van der Waals surface area (Å²) in [4.78, 5) is 4.40. The van der Waals surface area contributed by atoms with Crippen LogP contribution in [0, 0.1) is 6.92 Å². The van der Waals surface area contributed by atoms with Crippen LogP contribution in [0.15, 0.2) is 12.3 Å². The first kappa shape index (κ1) is 9.34. The van der Waals surface area contributed by atoms with E-state index in [0.29, 0.717) is 10.7 Å². The van der Waals surface area contributed by atoms with Crippen molar-refractivity contribution in [2.75, 3.05) is 5.73 Å². The van der Waals surface area contributed by atoms with E-state index in [1.165, 1.54) is 5.69 Å². The van der Waals surface area contributed by atoms with Gasteiger partial charge in [0.1, 0.15) is 0 Å². The van der Waals surface area contributed by atoms with E-state index in [0.717, 1.165) is 17.8 Å². The number of hydrogen-bond acceptors (Lipinski definition) is 2. The van der Waals surface area contributed by atoms with Gasteiger partial charge in [-0.2, -0.15) is 0 Å². The lowest BCUT2D eigenvalue weighted by Crippen LogP contribution is -1.96. The zero-order valence-corrected chi connectivity index (χ0v) is 8.97. The first-order valence-electron chi connectivity index (χ1n) is 4.56. The van der Waals surface area contributed by atoms with E-state index >= 15 is 0 Å². The van der Waals surface area contributed by atoms with E-state index in [9.17, 15) is 0 Å². The molecule has 0 radical (unpaired) electrons. The second kappa shape index (κ2) is 3.17. The molecule has 4 heteroatoms. The van der Waals surface area contributed by atoms with Gasteiger partial charge in [0.2, 0.25) is 0 Å². The first-order valence-corrected chi connectivity index (χ1v) is 4.94. The fourth-order valence-corrected chi connectivity index (χ4v) is 1.83. The van der Waals surface area contributed by atoms with E-state index in [2.05, 4.69) is 11.9 Å². The number of hydrogen-bond donors (Lipinski definition) is 1. The highest BCUT2D eigenvalue weighted by atomic mass is 35.5. The highest BCUT2D eigenvalue weighted by Crippen LogP contribution is 2.25. The summed E-state index contributed by atoms with van der Waals surface area (Å²) in [6.45, 7) is 4.08. The zero-order chi connectivity index (χ0) is 10.3. The van der Waals surface area contributed by atoms with Gasteiger partial charge in [-0.15, -0.1) is 0 Å². The minimum Gasteiger partial charge on any atom is -0.394 e. The fourth-order valence-electron chi connectivity index (χ4n) is 1.69. The van der Waals surface area contributed by atoms with Crippen molar-refractivity contribution in [1.29, 1.82) is 0 Å². The molecular formula is C10H12ClN3. The Morgan fingerprint density at radius 1 is 1.57 bits per heavy atom. The highest BCUT2D eigenvalue weighted by Gasteiger charge is 2.10. The Morgan fingerprint density at radius 2 is 2.29 bits per heavy atom. The second-order valence-electron chi connectivity index (χ2n) is 3.27. The lowest BCUT2D eigenvalue weighted by Gasteiger charge is -2.02. The molecule has 0 saturated heterocycles. The molecule has 2 heterocycles. The number of aromatic nitrogens is 2. The maximum atomic E-state index is 5.91. The predicted octanol–water partition coefficient (Wildman–Crippen LogP) is 2.44. The van der Waals surface area contributed by atoms with Crippen LogP contribution in [0.2, 0.25) is 5.02 Å². The molecule has 2 aromatic heterocycles. The van der Waals surface area contributed by atoms with Gasteiger partial charge < -0.3 is 10.1 Å². The molecule has 0 spiro atoms. The molecule has 0 amide bonds. The molecule has 2 N–H and O–H groups in total. The molecule has 3 nitrogen and oxygen atoms in total. The summed E-state index contributed by atoms with van der Waals surface area (Å²) in [5.74, 6) is 0. The normalized spacial score (nSPS) is 11.1. The third-order valence-corrected chi connectivity index (χ3v) is 2.74. The van der Waals surface area contributed by atoms with Gasteiger partial charge in [-0.05, 0) is 19.4 Å². The molecule has 2 aromatic rings. The first-order chi connectivity index (χ1) is 6.65. The summed E-state index contributed by atoms with van der Waals surface area (Å²) in [5, 5.41) is 0.560. The van der Waals surface area contributed by atoms with Crippen molar-refractivity contribution in [3.63, 3.8) is 0 Å². The number of halogens is 1. The molecule has 0 aliphatic carbocycles. The van der Waals surface area contributed by atoms with Crippen molar-refractivity contribution >= 4 is 22.9 Å². The van der Waals surface area contributed by atoms with Gasteiger partial charge in [0.25, 0.3) is 0 Å². The number of nitrogens with two attached hydrogens (primary N) is 1. The maximum Gasteiger partial charge on any atom is 0.162 e. The van der Waals surface area contributed by atoms with Gasteiger partial charge in [-0.3, -0.25) is 0 Å². The average molecular weight is 210 g/mol. The van der Waals surface area contributed by atoms with Crippen LogP contribution in [0.5, 0.6) is 0 Å². The van der Waals surface area contributed by atoms with E-state index in [4.69, 9.17) is 17.3 Å². The summed E-state index contributed by atoms with van der Waals surface area (Å²) < 4.78 is 2.00. The van der Waals surface area contributed by atoms with Crippen molar-refractivity contribution < 1.29 is 0 Å². The molecule has 0 bridgehead atoms. The average Bonchev–Trinajstić information content (AvgIpc) is 2.49. The van der Waals surface area contributed by atoms with Crippen LogP contribution in [0.4, 0.5) is 5.69 Å². The number of aryl methyl sites for hydroxylation is 2. The molecule has 74 valence electrons. The quantitative estimate of drug-likeness (QED) is 0.784. The minimum atomic E-state index is 0.553. The van der Waals surface area contributed by atoms with Crippen LogP contribution in [0.1, 0.15) is 18.3 Å². The van der Waals surface area contributed by atoms with E-state index in [1.54, 1.807) is 6.07 Å². The number of rotatable bonds is 1. The summed E-state index contributed by atoms with van der Waals surface area (Å²) >= 11 is 5.91. The number of imidazole rings is 1. The summed E-state index contributed by atoms with van der Waals surface area (Å²) in [5.41, 5.74) is 9.35. The van der Waals surface area contributed by atoms with Crippen molar-refractivity contribution in [3.8, 4) is 0 Å². The van der Waals surface area contributed by atoms with E-state index in [1.807, 2.05) is 17.5 Å². The summed E-state index contributed by atoms with van der Waals surface area (Å²) in [6, 6.07) is 1.80. The highest BCUT2D eigenvalue weighted by molar-refractivity contribution is 6.33. The minimum absolute atomic E-state index is 0.553. The second-order valence-corrected chi connectivity index (χ2v) is 3.68. The monoisotopic (exact) mass is 209 g/mol. The smallest absolute Gasteiger partial charge is 0.162 e. The van der Waals surface area contributed by atoms with Gasteiger partial charge >= 0.3 is 0 Å². The molecular weight excluding hydrogens is 198 g/mol. The number of anilines is 1. The molecule has 0 unspecified atom stereocenters. The SMILES string of the molecule is CCc1c(C)nc2c(N)c(Cl)ccn12. The topological polar surface area (TPSA) is 43.3 Å². The Morgan fingerprint density at radius 3 is 2.93 bits per heavy atom. The number of nitrogen functional groups attached to an aromatic ring is 1. The molecule has 14 heavy (non-hydrogen) atoms. The van der Waals surface area contributed by atoms with Crippen molar-refractivity contribution in [1.82, 2.24) is 9.38 Å². The van der Waals surface area contributed by atoms with Crippen LogP contribution in [-0.4, -0.2) is 9.38 Å². The zero-order valence-electron chi connectivity index (χ0n) is 8.21. The summed E-state index contributed by atoms with van der Waals surface area (Å²) in [6.07, 6.45) is 2.85. The molecule has 0 aliphatic heterocycles. The van der Waals surface area contributed by atoms with Gasteiger partial charge in [-0.25, -0.2) is 4.98 Å². The molecule has 0 atom stereocenters. The Bertz CT molecular complexity index is 488. The van der Waals surface area contributed by atoms with Crippen molar-refractivity contribution in [2.24, 2.45) is 0 Å². The Hall–Kier alpha value is -1.22. The van der Waals surface area contributed by atoms with Gasteiger partial charge in [0.05, 0.1) is 16.4 Å². The Balaban J connectivity index is 2.87. The number of pyridine rings is 1. The third kappa shape index (κ3) is 1.16. The van der Waals surface area contributed by atoms with Crippen molar-refractivity contribution in [3.05, 3.63) is 28.7 Å². The molecule has 0 fully saturated rings. The van der Waals surface area contributed by atoms with Crippen LogP contribution in [0.25, 0.3) is 5.65 Å². The number of nitrogens with zero attached hydrogens (tertiary/aromatic N) is 2.